The summed E-state index contributed by atoms with van der Waals surface area (Å²) in [5.74, 6) is 0.935. The highest BCUT2D eigenvalue weighted by molar-refractivity contribution is 6.04. The second kappa shape index (κ2) is 6.49. The minimum absolute atomic E-state index is 0.0221. The van der Waals surface area contributed by atoms with Gasteiger partial charge in [-0.1, -0.05) is 0 Å². The summed E-state index contributed by atoms with van der Waals surface area (Å²) < 4.78 is 5.14. The van der Waals surface area contributed by atoms with Crippen LogP contribution in [-0.2, 0) is 11.3 Å². The molecule has 0 aliphatic carbocycles. The number of carbonyl (C=O) groups excluding carboxylic acids is 2. The summed E-state index contributed by atoms with van der Waals surface area (Å²) >= 11 is 0. The third-order valence-corrected chi connectivity index (χ3v) is 3.49. The van der Waals surface area contributed by atoms with Crippen molar-refractivity contribution in [1.82, 2.24) is 10.3 Å². The predicted octanol–water partition coefficient (Wildman–Crippen LogP) is 0.322. The molecule has 0 unspecified atom stereocenters. The van der Waals surface area contributed by atoms with Crippen LogP contribution in [0.15, 0.2) is 35.1 Å². The lowest BCUT2D eigenvalue weighted by Crippen LogP contribution is -2.48. The summed E-state index contributed by atoms with van der Waals surface area (Å²) in [5, 5.41) is 5.50. The number of furan rings is 1. The van der Waals surface area contributed by atoms with Crippen molar-refractivity contribution in [3.05, 3.63) is 42.0 Å². The maximum absolute atomic E-state index is 12.1. The topological polar surface area (TPSA) is 113 Å². The summed E-state index contributed by atoms with van der Waals surface area (Å²) in [6.07, 6.45) is 2.93. The van der Waals surface area contributed by atoms with Gasteiger partial charge in [0.1, 0.15) is 17.8 Å². The molecule has 0 spiro atoms. The Kier molecular flexibility index (Phi) is 4.24. The van der Waals surface area contributed by atoms with E-state index in [1.54, 1.807) is 24.4 Å². The number of nitrogens with zero attached hydrogens (tertiary/aromatic N) is 2. The number of carbonyl (C=O) groups is 2. The average Bonchev–Trinajstić information content (AvgIpc) is 3.05. The fraction of sp³-hybridized carbons (Fsp3) is 0.267. The molecule has 0 atom stereocenters. The van der Waals surface area contributed by atoms with Crippen molar-refractivity contribution in [2.45, 2.75) is 6.54 Å². The van der Waals surface area contributed by atoms with Crippen LogP contribution >= 0.6 is 0 Å². The maximum Gasteiger partial charge on any atom is 0.258 e. The standard InChI is InChI=1S/C15H17N5O3/c16-6-12-5-10(9-23-12)15(22)19-11-1-2-13(18-7-11)20-4-3-17-14(21)8-20/h1-2,5,7,9H,3-4,6,8,16H2,(H,17,21)(H,19,22). The lowest BCUT2D eigenvalue weighted by atomic mass is 10.2. The van der Waals surface area contributed by atoms with Gasteiger partial charge in [0.15, 0.2) is 0 Å². The first-order valence-corrected chi connectivity index (χ1v) is 7.22. The van der Waals surface area contributed by atoms with Gasteiger partial charge in [-0.3, -0.25) is 9.59 Å². The van der Waals surface area contributed by atoms with Crippen LogP contribution in [-0.4, -0.2) is 36.4 Å². The van der Waals surface area contributed by atoms with Crippen molar-refractivity contribution in [1.29, 1.82) is 0 Å². The van der Waals surface area contributed by atoms with E-state index in [0.717, 1.165) is 0 Å². The van der Waals surface area contributed by atoms with E-state index in [-0.39, 0.29) is 24.9 Å². The molecular weight excluding hydrogens is 298 g/mol. The number of nitrogens with one attached hydrogen (secondary N) is 2. The van der Waals surface area contributed by atoms with Crippen LogP contribution in [0.3, 0.4) is 0 Å². The number of nitrogens with two attached hydrogens (primary N) is 1. The summed E-state index contributed by atoms with van der Waals surface area (Å²) in [7, 11) is 0. The Morgan fingerprint density at radius 1 is 1.48 bits per heavy atom. The Labute approximate surface area is 132 Å². The Morgan fingerprint density at radius 2 is 2.35 bits per heavy atom. The summed E-state index contributed by atoms with van der Waals surface area (Å²) in [6, 6.07) is 5.12. The van der Waals surface area contributed by atoms with Crippen LogP contribution in [0.2, 0.25) is 0 Å². The Hall–Kier alpha value is -2.87. The second-order valence-electron chi connectivity index (χ2n) is 5.14. The van der Waals surface area contributed by atoms with E-state index in [9.17, 15) is 9.59 Å². The SMILES string of the molecule is NCc1cc(C(=O)Nc2ccc(N3CCNC(=O)C3)nc2)co1. The van der Waals surface area contributed by atoms with Crippen LogP contribution in [0.4, 0.5) is 11.5 Å². The first-order valence-electron chi connectivity index (χ1n) is 7.22. The number of hydrogen-bond acceptors (Lipinski definition) is 6. The van der Waals surface area contributed by atoms with Gasteiger partial charge in [0.05, 0.1) is 30.5 Å². The minimum atomic E-state index is -0.291. The molecule has 23 heavy (non-hydrogen) atoms. The van der Waals surface area contributed by atoms with Crippen molar-refractivity contribution in [2.75, 3.05) is 29.9 Å². The van der Waals surface area contributed by atoms with Crippen LogP contribution in [0.1, 0.15) is 16.1 Å². The van der Waals surface area contributed by atoms with Gasteiger partial charge in [0.2, 0.25) is 5.91 Å². The molecule has 1 saturated heterocycles. The van der Waals surface area contributed by atoms with E-state index >= 15 is 0 Å². The second-order valence-corrected chi connectivity index (χ2v) is 5.14. The highest BCUT2D eigenvalue weighted by Gasteiger charge is 2.17. The number of hydrogen-bond donors (Lipinski definition) is 3. The van der Waals surface area contributed by atoms with Crippen molar-refractivity contribution < 1.29 is 14.0 Å². The molecule has 3 heterocycles. The molecule has 3 rings (SSSR count). The first-order chi connectivity index (χ1) is 11.2. The van der Waals surface area contributed by atoms with Crippen LogP contribution in [0.5, 0.6) is 0 Å². The molecule has 4 N–H and O–H groups in total. The highest BCUT2D eigenvalue weighted by Crippen LogP contribution is 2.16. The molecule has 8 heteroatoms. The van der Waals surface area contributed by atoms with Gasteiger partial charge in [-0.15, -0.1) is 0 Å². The Morgan fingerprint density at radius 3 is 3.00 bits per heavy atom. The van der Waals surface area contributed by atoms with Gasteiger partial charge in [-0.05, 0) is 18.2 Å². The zero-order valence-electron chi connectivity index (χ0n) is 12.4. The van der Waals surface area contributed by atoms with E-state index in [4.69, 9.17) is 10.2 Å². The first kappa shape index (κ1) is 15.0. The average molecular weight is 315 g/mol. The molecule has 2 aromatic heterocycles. The van der Waals surface area contributed by atoms with E-state index < -0.39 is 0 Å². The molecule has 1 aliphatic heterocycles. The smallest absolute Gasteiger partial charge is 0.258 e. The molecule has 2 amide bonds. The van der Waals surface area contributed by atoms with Crippen molar-refractivity contribution in [3.8, 4) is 0 Å². The molecule has 1 aliphatic rings. The van der Waals surface area contributed by atoms with Crippen molar-refractivity contribution >= 4 is 23.3 Å². The van der Waals surface area contributed by atoms with Gasteiger partial charge >= 0.3 is 0 Å². The number of aromatic nitrogens is 1. The van der Waals surface area contributed by atoms with Crippen LogP contribution < -0.4 is 21.3 Å². The third kappa shape index (κ3) is 3.49. The van der Waals surface area contributed by atoms with Crippen LogP contribution in [0, 0.1) is 0 Å². The molecular formula is C15H17N5O3. The van der Waals surface area contributed by atoms with Crippen molar-refractivity contribution in [3.63, 3.8) is 0 Å². The largest absolute Gasteiger partial charge is 0.467 e. The molecule has 2 aromatic rings. The molecule has 0 aromatic carbocycles. The molecule has 0 saturated carbocycles. The molecule has 8 nitrogen and oxygen atoms in total. The van der Waals surface area contributed by atoms with Gasteiger partial charge in [0, 0.05) is 13.1 Å². The molecule has 0 bridgehead atoms. The third-order valence-electron chi connectivity index (χ3n) is 3.49. The minimum Gasteiger partial charge on any atom is -0.467 e. The van der Waals surface area contributed by atoms with Crippen LogP contribution in [0.25, 0.3) is 0 Å². The highest BCUT2D eigenvalue weighted by atomic mass is 16.3. The molecule has 120 valence electrons. The van der Waals surface area contributed by atoms with E-state index in [1.165, 1.54) is 6.26 Å². The van der Waals surface area contributed by atoms with Gasteiger partial charge in [0.25, 0.3) is 5.91 Å². The molecule has 0 radical (unpaired) electrons. The summed E-state index contributed by atoms with van der Waals surface area (Å²) in [4.78, 5) is 29.6. The van der Waals surface area contributed by atoms with Gasteiger partial charge in [-0.2, -0.15) is 0 Å². The predicted molar refractivity (Wildman–Crippen MR) is 84.0 cm³/mol. The van der Waals surface area contributed by atoms with Gasteiger partial charge in [-0.25, -0.2) is 4.98 Å². The normalized spacial score (nSPS) is 14.5. The quantitative estimate of drug-likeness (QED) is 0.749. The summed E-state index contributed by atoms with van der Waals surface area (Å²) in [5.41, 5.74) is 6.41. The Balaban J connectivity index is 1.65. The zero-order valence-corrected chi connectivity index (χ0v) is 12.4. The molecule has 1 fully saturated rings. The number of pyridine rings is 1. The lowest BCUT2D eigenvalue weighted by Gasteiger charge is -2.27. The fourth-order valence-electron chi connectivity index (χ4n) is 2.29. The fourth-order valence-corrected chi connectivity index (χ4v) is 2.29. The Bertz CT molecular complexity index is 710. The number of piperazine rings is 1. The lowest BCUT2D eigenvalue weighted by molar-refractivity contribution is -0.120. The number of amides is 2. The zero-order chi connectivity index (χ0) is 16.2. The maximum atomic E-state index is 12.1. The van der Waals surface area contributed by atoms with E-state index in [1.807, 2.05) is 4.90 Å². The number of anilines is 2. The monoisotopic (exact) mass is 315 g/mol. The van der Waals surface area contributed by atoms with Crippen molar-refractivity contribution in [2.24, 2.45) is 5.73 Å². The van der Waals surface area contributed by atoms with E-state index in [0.29, 0.717) is 35.9 Å². The van der Waals surface area contributed by atoms with E-state index in [2.05, 4.69) is 15.6 Å². The summed E-state index contributed by atoms with van der Waals surface area (Å²) in [6.45, 7) is 1.84. The van der Waals surface area contributed by atoms with Gasteiger partial charge < -0.3 is 25.7 Å². The number of rotatable bonds is 4.